The molecule has 0 spiro atoms. The summed E-state index contributed by atoms with van der Waals surface area (Å²) in [5.74, 6) is 1.09. The van der Waals surface area contributed by atoms with Gasteiger partial charge in [0.1, 0.15) is 5.75 Å². The molecule has 0 radical (unpaired) electrons. The first-order valence-electron chi connectivity index (χ1n) is 7.79. The standard InChI is InChI=1S/C17H21N3O2S/c1-3-8-18-16(21)12-6-9-20(10-7-12)17-19-14-5-4-13(22-2)11-15(14)23-17/h3-5,11-12H,1,6-10H2,2H3,(H,18,21). The zero-order chi connectivity index (χ0) is 16.2. The molecule has 2 aromatic rings. The molecule has 0 unspecified atom stereocenters. The monoisotopic (exact) mass is 331 g/mol. The smallest absolute Gasteiger partial charge is 0.223 e. The Kier molecular flexibility index (Phi) is 4.81. The predicted octanol–water partition coefficient (Wildman–Crippen LogP) is 2.82. The number of amides is 1. The number of hydrogen-bond donors (Lipinski definition) is 1. The van der Waals surface area contributed by atoms with Crippen LogP contribution >= 0.6 is 11.3 Å². The van der Waals surface area contributed by atoms with E-state index in [0.29, 0.717) is 6.54 Å². The SMILES string of the molecule is C=CCNC(=O)C1CCN(c2nc3ccc(OC)cc3s2)CC1. The number of fused-ring (bicyclic) bond motifs is 1. The Morgan fingerprint density at radius 3 is 3.00 bits per heavy atom. The molecule has 1 N–H and O–H groups in total. The van der Waals surface area contributed by atoms with E-state index in [1.165, 1.54) is 0 Å². The van der Waals surface area contributed by atoms with Gasteiger partial charge in [0.25, 0.3) is 0 Å². The van der Waals surface area contributed by atoms with Gasteiger partial charge in [0, 0.05) is 25.6 Å². The van der Waals surface area contributed by atoms with E-state index in [9.17, 15) is 4.79 Å². The van der Waals surface area contributed by atoms with Gasteiger partial charge in [0.15, 0.2) is 5.13 Å². The van der Waals surface area contributed by atoms with Crippen molar-refractivity contribution in [2.75, 3.05) is 31.6 Å². The second-order valence-corrected chi connectivity index (χ2v) is 6.63. The van der Waals surface area contributed by atoms with Crippen LogP contribution in [0.2, 0.25) is 0 Å². The normalized spacial score (nSPS) is 15.6. The van der Waals surface area contributed by atoms with Crippen LogP contribution < -0.4 is 15.0 Å². The Morgan fingerprint density at radius 1 is 1.52 bits per heavy atom. The molecule has 1 aromatic carbocycles. The first kappa shape index (κ1) is 15.8. The number of methoxy groups -OCH3 is 1. The van der Waals surface area contributed by atoms with E-state index in [-0.39, 0.29) is 11.8 Å². The molecule has 1 aromatic heterocycles. The number of piperidine rings is 1. The Morgan fingerprint density at radius 2 is 2.30 bits per heavy atom. The van der Waals surface area contributed by atoms with Crippen molar-refractivity contribution in [2.24, 2.45) is 5.92 Å². The Bertz CT molecular complexity index is 705. The molecule has 1 amide bonds. The maximum absolute atomic E-state index is 12.0. The van der Waals surface area contributed by atoms with Crippen LogP contribution in [-0.2, 0) is 4.79 Å². The second-order valence-electron chi connectivity index (χ2n) is 5.63. The lowest BCUT2D eigenvalue weighted by molar-refractivity contribution is -0.125. The number of rotatable bonds is 5. The molecule has 3 rings (SSSR count). The van der Waals surface area contributed by atoms with Crippen LogP contribution in [-0.4, -0.2) is 37.6 Å². The number of hydrogen-bond acceptors (Lipinski definition) is 5. The molecule has 1 aliphatic rings. The molecule has 0 bridgehead atoms. The molecule has 0 aliphatic carbocycles. The van der Waals surface area contributed by atoms with Crippen molar-refractivity contribution >= 4 is 32.6 Å². The molecule has 0 saturated carbocycles. The van der Waals surface area contributed by atoms with Crippen molar-refractivity contribution in [1.82, 2.24) is 10.3 Å². The highest BCUT2D eigenvalue weighted by atomic mass is 32.1. The lowest BCUT2D eigenvalue weighted by atomic mass is 9.96. The van der Waals surface area contributed by atoms with E-state index in [1.807, 2.05) is 18.2 Å². The summed E-state index contributed by atoms with van der Waals surface area (Å²) in [5, 5.41) is 3.91. The molecule has 6 heteroatoms. The summed E-state index contributed by atoms with van der Waals surface area (Å²) >= 11 is 1.68. The molecular formula is C17H21N3O2S. The summed E-state index contributed by atoms with van der Waals surface area (Å²) < 4.78 is 6.39. The lowest BCUT2D eigenvalue weighted by Gasteiger charge is -2.30. The minimum absolute atomic E-state index is 0.0978. The zero-order valence-corrected chi connectivity index (χ0v) is 14.1. The molecule has 122 valence electrons. The molecule has 5 nitrogen and oxygen atoms in total. The average Bonchev–Trinajstić information content (AvgIpc) is 3.02. The van der Waals surface area contributed by atoms with Crippen molar-refractivity contribution in [3.8, 4) is 5.75 Å². The van der Waals surface area contributed by atoms with Crippen molar-refractivity contribution in [3.63, 3.8) is 0 Å². The van der Waals surface area contributed by atoms with Crippen LogP contribution in [0.1, 0.15) is 12.8 Å². The summed E-state index contributed by atoms with van der Waals surface area (Å²) in [7, 11) is 1.67. The molecule has 23 heavy (non-hydrogen) atoms. The van der Waals surface area contributed by atoms with Gasteiger partial charge >= 0.3 is 0 Å². The van der Waals surface area contributed by atoms with E-state index in [1.54, 1.807) is 24.5 Å². The fourth-order valence-electron chi connectivity index (χ4n) is 2.81. The largest absolute Gasteiger partial charge is 0.497 e. The lowest BCUT2D eigenvalue weighted by Crippen LogP contribution is -2.40. The number of nitrogens with zero attached hydrogens (tertiary/aromatic N) is 2. The van der Waals surface area contributed by atoms with E-state index in [2.05, 4.69) is 16.8 Å². The van der Waals surface area contributed by atoms with E-state index in [4.69, 9.17) is 9.72 Å². The number of nitrogens with one attached hydrogen (secondary N) is 1. The number of anilines is 1. The van der Waals surface area contributed by atoms with Gasteiger partial charge in [0.05, 0.1) is 17.3 Å². The topological polar surface area (TPSA) is 54.5 Å². The van der Waals surface area contributed by atoms with Crippen molar-refractivity contribution in [3.05, 3.63) is 30.9 Å². The van der Waals surface area contributed by atoms with Crippen LogP contribution in [0.3, 0.4) is 0 Å². The van der Waals surface area contributed by atoms with Gasteiger partial charge in [-0.15, -0.1) is 6.58 Å². The molecule has 2 heterocycles. The van der Waals surface area contributed by atoms with Gasteiger partial charge in [-0.1, -0.05) is 17.4 Å². The van der Waals surface area contributed by atoms with E-state index >= 15 is 0 Å². The fraction of sp³-hybridized carbons (Fsp3) is 0.412. The number of thiazole rings is 1. The second kappa shape index (κ2) is 7.00. The van der Waals surface area contributed by atoms with Crippen LogP contribution in [0.15, 0.2) is 30.9 Å². The molecular weight excluding hydrogens is 310 g/mol. The van der Waals surface area contributed by atoms with Crippen molar-refractivity contribution in [1.29, 1.82) is 0 Å². The minimum atomic E-state index is 0.0978. The summed E-state index contributed by atoms with van der Waals surface area (Å²) in [4.78, 5) is 19.0. The van der Waals surface area contributed by atoms with Gasteiger partial charge < -0.3 is 15.0 Å². The Labute approximate surface area is 140 Å². The van der Waals surface area contributed by atoms with Crippen LogP contribution in [0.25, 0.3) is 10.2 Å². The van der Waals surface area contributed by atoms with Crippen LogP contribution in [0, 0.1) is 5.92 Å². The minimum Gasteiger partial charge on any atom is -0.497 e. The molecule has 1 aliphatic heterocycles. The first-order valence-corrected chi connectivity index (χ1v) is 8.61. The van der Waals surface area contributed by atoms with E-state index in [0.717, 1.165) is 47.0 Å². The highest BCUT2D eigenvalue weighted by molar-refractivity contribution is 7.22. The van der Waals surface area contributed by atoms with Gasteiger partial charge in [0.2, 0.25) is 5.91 Å². The third kappa shape index (κ3) is 3.47. The molecule has 0 atom stereocenters. The zero-order valence-electron chi connectivity index (χ0n) is 13.2. The van der Waals surface area contributed by atoms with Crippen LogP contribution in [0.4, 0.5) is 5.13 Å². The predicted molar refractivity (Wildman–Crippen MR) is 94.3 cm³/mol. The van der Waals surface area contributed by atoms with Gasteiger partial charge in [-0.25, -0.2) is 4.98 Å². The molecule has 1 saturated heterocycles. The fourth-order valence-corrected chi connectivity index (χ4v) is 3.85. The first-order chi connectivity index (χ1) is 11.2. The quantitative estimate of drug-likeness (QED) is 0.856. The number of benzene rings is 1. The number of carbonyl (C=O) groups is 1. The number of aromatic nitrogens is 1. The van der Waals surface area contributed by atoms with Gasteiger partial charge in [-0.2, -0.15) is 0 Å². The highest BCUT2D eigenvalue weighted by Crippen LogP contribution is 2.33. The molecule has 1 fully saturated rings. The average molecular weight is 331 g/mol. The van der Waals surface area contributed by atoms with Crippen molar-refractivity contribution < 1.29 is 9.53 Å². The summed E-state index contributed by atoms with van der Waals surface area (Å²) in [6.45, 7) is 5.89. The van der Waals surface area contributed by atoms with Crippen molar-refractivity contribution in [2.45, 2.75) is 12.8 Å². The number of ether oxygens (including phenoxy) is 1. The third-order valence-corrected chi connectivity index (χ3v) is 5.22. The van der Waals surface area contributed by atoms with Gasteiger partial charge in [-0.05, 0) is 31.0 Å². The summed E-state index contributed by atoms with van der Waals surface area (Å²) in [5.41, 5.74) is 0.997. The maximum atomic E-state index is 12.0. The highest BCUT2D eigenvalue weighted by Gasteiger charge is 2.26. The third-order valence-electron chi connectivity index (χ3n) is 4.14. The van der Waals surface area contributed by atoms with Gasteiger partial charge in [-0.3, -0.25) is 4.79 Å². The summed E-state index contributed by atoms with van der Waals surface area (Å²) in [6, 6.07) is 5.94. The van der Waals surface area contributed by atoms with Crippen LogP contribution in [0.5, 0.6) is 5.75 Å². The van der Waals surface area contributed by atoms with E-state index < -0.39 is 0 Å². The Balaban J connectivity index is 1.65. The summed E-state index contributed by atoms with van der Waals surface area (Å²) in [6.07, 6.45) is 3.44. The maximum Gasteiger partial charge on any atom is 0.223 e. The number of carbonyl (C=O) groups excluding carboxylic acids is 1. The Hall–Kier alpha value is -2.08.